The van der Waals surface area contributed by atoms with Crippen molar-refractivity contribution in [1.29, 1.82) is 0 Å². The third-order valence-corrected chi connectivity index (χ3v) is 10.5. The summed E-state index contributed by atoms with van der Waals surface area (Å²) < 4.78 is 6.83. The summed E-state index contributed by atoms with van der Waals surface area (Å²) in [6.07, 6.45) is 0. The first-order valence-corrected chi connectivity index (χ1v) is 18.4. The van der Waals surface area contributed by atoms with Gasteiger partial charge in [0, 0.05) is 22.3 Å². The summed E-state index contributed by atoms with van der Waals surface area (Å²) in [5, 5.41) is 4.58. The molecular weight excluding hydrogens is 655 g/mol. The molecule has 0 unspecified atom stereocenters. The van der Waals surface area contributed by atoms with Crippen LogP contribution in [0.5, 0.6) is 0 Å². The van der Waals surface area contributed by atoms with Gasteiger partial charge in [0.2, 0.25) is 0 Å². The van der Waals surface area contributed by atoms with Crippen molar-refractivity contribution in [3.8, 4) is 44.5 Å². The minimum absolute atomic E-state index is 0.869. The van der Waals surface area contributed by atoms with Crippen molar-refractivity contribution in [2.75, 3.05) is 4.90 Å². The van der Waals surface area contributed by atoms with Crippen molar-refractivity contribution in [1.82, 2.24) is 0 Å². The van der Waals surface area contributed by atoms with E-state index in [4.69, 9.17) is 4.42 Å². The first kappa shape index (κ1) is 31.6. The zero-order valence-electron chi connectivity index (χ0n) is 29.6. The van der Waals surface area contributed by atoms with Crippen LogP contribution in [0.2, 0.25) is 0 Å². The summed E-state index contributed by atoms with van der Waals surface area (Å²) in [4.78, 5) is 2.38. The van der Waals surface area contributed by atoms with E-state index in [9.17, 15) is 0 Å². The highest BCUT2D eigenvalue weighted by molar-refractivity contribution is 6.18. The Hall–Kier alpha value is -7.16. The van der Waals surface area contributed by atoms with Crippen LogP contribution in [0.3, 0.4) is 0 Å². The van der Waals surface area contributed by atoms with E-state index >= 15 is 0 Å². The molecule has 2 heteroatoms. The lowest BCUT2D eigenvalue weighted by Crippen LogP contribution is -2.10. The fraction of sp³-hybridized carbons (Fsp3) is 0. The summed E-state index contributed by atoms with van der Waals surface area (Å²) >= 11 is 0. The van der Waals surface area contributed by atoms with Crippen LogP contribution in [0.1, 0.15) is 0 Å². The standard InChI is InChI=1S/C52H35NO/c1-3-13-36(14-4-1)38-25-27-39(28-26-38)40-29-31-43(32-30-40)53(44-20-11-19-42(35-44)37-15-5-2-6-16-37)49-34-33-47(46-23-12-18-41-17-7-8-21-45(41)46)52-51(49)48-22-9-10-24-50(48)54-52/h1-35H. The predicted molar refractivity (Wildman–Crippen MR) is 228 cm³/mol. The van der Waals surface area contributed by atoms with E-state index in [0.717, 1.165) is 55.7 Å². The predicted octanol–water partition coefficient (Wildman–Crippen LogP) is 14.9. The average molecular weight is 690 g/mol. The number of hydrogen-bond acceptors (Lipinski definition) is 2. The maximum Gasteiger partial charge on any atom is 0.145 e. The minimum Gasteiger partial charge on any atom is -0.455 e. The molecule has 0 saturated heterocycles. The van der Waals surface area contributed by atoms with E-state index in [2.05, 4.69) is 211 Å². The Labute approximate surface area is 314 Å². The molecule has 0 amide bonds. The number of benzene rings is 9. The molecule has 0 bridgehead atoms. The van der Waals surface area contributed by atoms with Crippen LogP contribution in [-0.2, 0) is 0 Å². The topological polar surface area (TPSA) is 16.4 Å². The van der Waals surface area contributed by atoms with Gasteiger partial charge < -0.3 is 9.32 Å². The molecule has 1 heterocycles. The Balaban J connectivity index is 1.16. The van der Waals surface area contributed by atoms with Crippen molar-refractivity contribution in [2.45, 2.75) is 0 Å². The highest BCUT2D eigenvalue weighted by Crippen LogP contribution is 2.47. The summed E-state index contributed by atoms with van der Waals surface area (Å²) in [5.74, 6) is 0. The first-order chi connectivity index (χ1) is 26.8. The second-order valence-electron chi connectivity index (χ2n) is 13.7. The van der Waals surface area contributed by atoms with E-state index in [1.54, 1.807) is 0 Å². The molecule has 0 N–H and O–H groups in total. The number of anilines is 3. The molecule has 2 nitrogen and oxygen atoms in total. The molecule has 0 spiro atoms. The second kappa shape index (κ2) is 13.4. The largest absolute Gasteiger partial charge is 0.455 e. The van der Waals surface area contributed by atoms with Gasteiger partial charge in [0.25, 0.3) is 0 Å². The Morgan fingerprint density at radius 1 is 0.333 bits per heavy atom. The van der Waals surface area contributed by atoms with E-state index in [1.165, 1.54) is 38.6 Å². The van der Waals surface area contributed by atoms with E-state index < -0.39 is 0 Å². The number of nitrogens with zero attached hydrogens (tertiary/aromatic N) is 1. The van der Waals surface area contributed by atoms with Gasteiger partial charge in [-0.25, -0.2) is 0 Å². The van der Waals surface area contributed by atoms with Gasteiger partial charge in [-0.2, -0.15) is 0 Å². The van der Waals surface area contributed by atoms with Gasteiger partial charge in [0.15, 0.2) is 0 Å². The van der Waals surface area contributed by atoms with Gasteiger partial charge in [0.05, 0.1) is 11.1 Å². The lowest BCUT2D eigenvalue weighted by Gasteiger charge is -2.27. The normalized spacial score (nSPS) is 11.3. The summed E-state index contributed by atoms with van der Waals surface area (Å²) in [6.45, 7) is 0. The van der Waals surface area contributed by atoms with E-state index in [1.807, 2.05) is 6.07 Å². The molecule has 10 rings (SSSR count). The van der Waals surface area contributed by atoms with Gasteiger partial charge >= 0.3 is 0 Å². The summed E-state index contributed by atoms with van der Waals surface area (Å²) in [5.41, 5.74) is 14.3. The molecule has 1 aromatic heterocycles. The zero-order valence-corrected chi connectivity index (χ0v) is 29.6. The van der Waals surface area contributed by atoms with Gasteiger partial charge in [-0.3, -0.25) is 0 Å². The number of hydrogen-bond donors (Lipinski definition) is 0. The lowest BCUT2D eigenvalue weighted by atomic mass is 9.95. The number of furan rings is 1. The van der Waals surface area contributed by atoms with Crippen molar-refractivity contribution >= 4 is 49.8 Å². The Bertz CT molecular complexity index is 2900. The molecular formula is C52H35NO. The van der Waals surface area contributed by atoms with Crippen LogP contribution in [-0.4, -0.2) is 0 Å². The number of fused-ring (bicyclic) bond motifs is 4. The molecule has 0 aliphatic rings. The Morgan fingerprint density at radius 3 is 1.59 bits per heavy atom. The molecule has 0 aliphatic carbocycles. The maximum absolute atomic E-state index is 6.83. The highest BCUT2D eigenvalue weighted by atomic mass is 16.3. The monoisotopic (exact) mass is 689 g/mol. The van der Waals surface area contributed by atoms with Crippen LogP contribution < -0.4 is 4.90 Å². The summed E-state index contributed by atoms with van der Waals surface area (Å²) in [7, 11) is 0. The molecule has 0 saturated carbocycles. The summed E-state index contributed by atoms with van der Waals surface area (Å²) in [6, 6.07) is 75.7. The van der Waals surface area contributed by atoms with Crippen LogP contribution in [0.25, 0.3) is 77.2 Å². The van der Waals surface area contributed by atoms with Crippen molar-refractivity contribution in [3.05, 3.63) is 212 Å². The van der Waals surface area contributed by atoms with Gasteiger partial charge in [-0.05, 0) is 92.2 Å². The van der Waals surface area contributed by atoms with Crippen molar-refractivity contribution in [3.63, 3.8) is 0 Å². The fourth-order valence-corrected chi connectivity index (χ4v) is 7.84. The van der Waals surface area contributed by atoms with Crippen molar-refractivity contribution < 1.29 is 4.42 Å². The molecule has 54 heavy (non-hydrogen) atoms. The number of rotatable bonds is 7. The molecule has 0 fully saturated rings. The van der Waals surface area contributed by atoms with Crippen LogP contribution in [0, 0.1) is 0 Å². The fourth-order valence-electron chi connectivity index (χ4n) is 7.84. The van der Waals surface area contributed by atoms with Crippen LogP contribution in [0.15, 0.2) is 217 Å². The Kier molecular flexibility index (Phi) is 7.85. The molecule has 9 aromatic carbocycles. The molecule has 10 aromatic rings. The first-order valence-electron chi connectivity index (χ1n) is 18.4. The third-order valence-electron chi connectivity index (χ3n) is 10.5. The van der Waals surface area contributed by atoms with Gasteiger partial charge in [-0.15, -0.1) is 0 Å². The zero-order chi connectivity index (χ0) is 35.8. The quantitative estimate of drug-likeness (QED) is 0.166. The lowest BCUT2D eigenvalue weighted by molar-refractivity contribution is 0.670. The van der Waals surface area contributed by atoms with Crippen molar-refractivity contribution in [2.24, 2.45) is 0 Å². The Morgan fingerprint density at radius 2 is 0.870 bits per heavy atom. The van der Waals surface area contributed by atoms with Crippen LogP contribution in [0.4, 0.5) is 17.1 Å². The second-order valence-corrected chi connectivity index (χ2v) is 13.7. The van der Waals surface area contributed by atoms with Crippen LogP contribution >= 0.6 is 0 Å². The maximum atomic E-state index is 6.83. The molecule has 0 aliphatic heterocycles. The molecule has 0 radical (unpaired) electrons. The number of para-hydroxylation sites is 1. The van der Waals surface area contributed by atoms with Gasteiger partial charge in [0.1, 0.15) is 11.2 Å². The minimum atomic E-state index is 0.869. The van der Waals surface area contributed by atoms with E-state index in [0.29, 0.717) is 0 Å². The highest BCUT2D eigenvalue weighted by Gasteiger charge is 2.23. The third kappa shape index (κ3) is 5.62. The smallest absolute Gasteiger partial charge is 0.145 e. The van der Waals surface area contributed by atoms with E-state index in [-0.39, 0.29) is 0 Å². The average Bonchev–Trinajstić information content (AvgIpc) is 3.65. The molecule has 0 atom stereocenters. The van der Waals surface area contributed by atoms with Gasteiger partial charge in [-0.1, -0.05) is 170 Å². The molecule has 254 valence electrons. The SMILES string of the molecule is c1ccc(-c2ccc(-c3ccc(N(c4cccc(-c5ccccc5)c4)c4ccc(-c5cccc6ccccc56)c5oc6ccccc6c45)cc3)cc2)cc1.